The Labute approximate surface area is 160 Å². The van der Waals surface area contributed by atoms with Crippen LogP contribution >= 0.6 is 0 Å². The van der Waals surface area contributed by atoms with Crippen LogP contribution in [0.1, 0.15) is 52.9 Å². The van der Waals surface area contributed by atoms with Gasteiger partial charge in [0.15, 0.2) is 0 Å². The van der Waals surface area contributed by atoms with Gasteiger partial charge in [0.2, 0.25) is 5.88 Å². The zero-order valence-corrected chi connectivity index (χ0v) is 17.7. The zero-order valence-electron chi connectivity index (χ0n) is 17.7. The lowest BCUT2D eigenvalue weighted by Gasteiger charge is -2.05. The number of rotatable bonds is 6. The molecule has 0 bridgehead atoms. The van der Waals surface area contributed by atoms with Crippen LogP contribution in [0.4, 0.5) is 0 Å². The van der Waals surface area contributed by atoms with Crippen LogP contribution in [-0.4, -0.2) is 24.2 Å². The van der Waals surface area contributed by atoms with Gasteiger partial charge in [0.1, 0.15) is 5.75 Å². The topological polar surface area (TPSA) is 44.2 Å². The third-order valence-electron chi connectivity index (χ3n) is 3.25. The monoisotopic (exact) mass is 360 g/mol. The minimum atomic E-state index is 0.643. The molecule has 2 aromatic rings. The van der Waals surface area contributed by atoms with E-state index in [9.17, 15) is 0 Å². The lowest BCUT2D eigenvalue weighted by Crippen LogP contribution is -1.98. The Kier molecular flexibility index (Phi) is 13.0. The Morgan fingerprint density at radius 3 is 2.00 bits per heavy atom. The summed E-state index contributed by atoms with van der Waals surface area (Å²) in [6.45, 7) is 12.7. The molecule has 0 saturated carbocycles. The van der Waals surface area contributed by atoms with Crippen LogP contribution in [0, 0.1) is 11.8 Å². The molecular formula is C22H36N2O2. The van der Waals surface area contributed by atoms with Gasteiger partial charge in [-0.05, 0) is 36.8 Å². The molecule has 0 radical (unpaired) electrons. The van der Waals surface area contributed by atoms with Gasteiger partial charge in [-0.25, -0.2) is 4.98 Å². The van der Waals surface area contributed by atoms with E-state index >= 15 is 0 Å². The smallest absolute Gasteiger partial charge is 0.213 e. The van der Waals surface area contributed by atoms with Gasteiger partial charge < -0.3 is 9.47 Å². The van der Waals surface area contributed by atoms with Gasteiger partial charge in [0.05, 0.1) is 14.2 Å². The van der Waals surface area contributed by atoms with Gasteiger partial charge in [-0.15, -0.1) is 0 Å². The number of hydrogen-bond donors (Lipinski definition) is 0. The van der Waals surface area contributed by atoms with Crippen LogP contribution in [0.5, 0.6) is 11.6 Å². The quantitative estimate of drug-likeness (QED) is 0.672. The molecule has 0 aromatic carbocycles. The van der Waals surface area contributed by atoms with Gasteiger partial charge in [0.25, 0.3) is 0 Å². The maximum atomic E-state index is 5.10. The number of pyridine rings is 2. The van der Waals surface area contributed by atoms with E-state index in [4.69, 9.17) is 9.47 Å². The van der Waals surface area contributed by atoms with Crippen molar-refractivity contribution in [3.8, 4) is 11.6 Å². The van der Waals surface area contributed by atoms with E-state index in [0.29, 0.717) is 17.7 Å². The molecule has 0 unspecified atom stereocenters. The first kappa shape index (κ1) is 23.9. The molecule has 26 heavy (non-hydrogen) atoms. The van der Waals surface area contributed by atoms with E-state index in [0.717, 1.165) is 30.0 Å². The molecule has 0 amide bonds. The summed E-state index contributed by atoms with van der Waals surface area (Å²) in [5.74, 6) is 2.88. The Hall–Kier alpha value is -2.10. The summed E-state index contributed by atoms with van der Waals surface area (Å²) < 4.78 is 10.1. The predicted molar refractivity (Wildman–Crippen MR) is 110 cm³/mol. The number of aromatic nitrogens is 2. The molecule has 4 heteroatoms. The molecule has 2 heterocycles. The van der Waals surface area contributed by atoms with Crippen molar-refractivity contribution in [3.63, 3.8) is 0 Å². The second-order valence-electron chi connectivity index (χ2n) is 6.55. The highest BCUT2D eigenvalue weighted by atomic mass is 16.5. The van der Waals surface area contributed by atoms with Gasteiger partial charge in [-0.2, -0.15) is 0 Å². The lowest BCUT2D eigenvalue weighted by molar-refractivity contribution is 0.395. The number of hydrogen-bond acceptors (Lipinski definition) is 4. The maximum Gasteiger partial charge on any atom is 0.213 e. The van der Waals surface area contributed by atoms with Gasteiger partial charge in [-0.1, -0.05) is 47.6 Å². The van der Waals surface area contributed by atoms with E-state index in [1.54, 1.807) is 20.4 Å². The molecule has 146 valence electrons. The van der Waals surface area contributed by atoms with Crippen LogP contribution in [0.25, 0.3) is 0 Å². The van der Waals surface area contributed by atoms with E-state index in [1.807, 2.05) is 44.2 Å². The Bertz CT molecular complexity index is 545. The molecule has 0 N–H and O–H groups in total. The van der Waals surface area contributed by atoms with Gasteiger partial charge in [-0.3, -0.25) is 4.98 Å². The Morgan fingerprint density at radius 2 is 1.46 bits per heavy atom. The maximum absolute atomic E-state index is 5.10. The summed E-state index contributed by atoms with van der Waals surface area (Å²) in [6.07, 6.45) is 3.81. The second-order valence-corrected chi connectivity index (χ2v) is 6.55. The first-order chi connectivity index (χ1) is 12.4. The summed E-state index contributed by atoms with van der Waals surface area (Å²) in [7, 11) is 3.32. The molecule has 0 saturated heterocycles. The third-order valence-corrected chi connectivity index (χ3v) is 3.25. The summed E-state index contributed by atoms with van der Waals surface area (Å²) in [6, 6.07) is 9.72. The van der Waals surface area contributed by atoms with E-state index in [-0.39, 0.29) is 0 Å². The van der Waals surface area contributed by atoms with Gasteiger partial charge >= 0.3 is 0 Å². The average Bonchev–Trinajstić information content (AvgIpc) is 2.63. The lowest BCUT2D eigenvalue weighted by atomic mass is 10.1. The number of ether oxygens (including phenoxy) is 2. The highest BCUT2D eigenvalue weighted by Crippen LogP contribution is 2.13. The van der Waals surface area contributed by atoms with Crippen molar-refractivity contribution in [2.45, 2.75) is 54.4 Å². The molecule has 2 aromatic heterocycles. The van der Waals surface area contributed by atoms with Gasteiger partial charge in [0, 0.05) is 29.7 Å². The van der Waals surface area contributed by atoms with Crippen LogP contribution < -0.4 is 9.47 Å². The van der Waals surface area contributed by atoms with Crippen molar-refractivity contribution >= 4 is 0 Å². The van der Waals surface area contributed by atoms with Crippen LogP contribution in [0.3, 0.4) is 0 Å². The molecule has 0 aliphatic carbocycles. The normalized spacial score (nSPS) is 9.77. The zero-order chi connectivity index (χ0) is 19.9. The molecule has 0 fully saturated rings. The van der Waals surface area contributed by atoms with E-state index < -0.39 is 0 Å². The summed E-state index contributed by atoms with van der Waals surface area (Å²) in [4.78, 5) is 8.56. The van der Waals surface area contributed by atoms with Crippen LogP contribution in [0.15, 0.2) is 36.5 Å². The molecular weight excluding hydrogens is 324 g/mol. The SMILES string of the molecule is CC.COc1cccc(CC(C)C)n1.COc1ccnc(CC(C)C)c1. The fourth-order valence-corrected chi connectivity index (χ4v) is 2.22. The molecule has 2 rings (SSSR count). The number of nitrogens with zero attached hydrogens (tertiary/aromatic N) is 2. The first-order valence-corrected chi connectivity index (χ1v) is 9.43. The third kappa shape index (κ3) is 10.7. The minimum Gasteiger partial charge on any atom is -0.497 e. The van der Waals surface area contributed by atoms with Crippen molar-refractivity contribution in [2.24, 2.45) is 11.8 Å². The second kappa shape index (κ2) is 14.1. The fraction of sp³-hybridized carbons (Fsp3) is 0.545. The summed E-state index contributed by atoms with van der Waals surface area (Å²) >= 11 is 0. The van der Waals surface area contributed by atoms with Crippen molar-refractivity contribution in [2.75, 3.05) is 14.2 Å². The van der Waals surface area contributed by atoms with E-state index in [2.05, 4.69) is 37.7 Å². The van der Waals surface area contributed by atoms with Crippen molar-refractivity contribution in [3.05, 3.63) is 47.9 Å². The molecule has 0 aliphatic rings. The number of methoxy groups -OCH3 is 2. The molecule has 0 spiro atoms. The predicted octanol–water partition coefficient (Wildman–Crippen LogP) is 5.60. The molecule has 4 nitrogen and oxygen atoms in total. The summed E-state index contributed by atoms with van der Waals surface area (Å²) in [5.41, 5.74) is 2.20. The first-order valence-electron chi connectivity index (χ1n) is 9.43. The molecule has 0 atom stereocenters. The van der Waals surface area contributed by atoms with Crippen LogP contribution in [-0.2, 0) is 12.8 Å². The fourth-order valence-electron chi connectivity index (χ4n) is 2.22. The Balaban J connectivity index is 0.000000439. The highest BCUT2D eigenvalue weighted by Gasteiger charge is 2.00. The van der Waals surface area contributed by atoms with Crippen molar-refractivity contribution < 1.29 is 9.47 Å². The van der Waals surface area contributed by atoms with Crippen LogP contribution in [0.2, 0.25) is 0 Å². The highest BCUT2D eigenvalue weighted by molar-refractivity contribution is 5.22. The average molecular weight is 361 g/mol. The van der Waals surface area contributed by atoms with E-state index in [1.165, 1.54) is 0 Å². The van der Waals surface area contributed by atoms with Crippen molar-refractivity contribution in [1.82, 2.24) is 9.97 Å². The standard InChI is InChI=1S/2C10H15NO.C2H6/c1-8(2)6-9-7-10(12-3)4-5-11-9;1-8(2)7-9-5-4-6-10(11-9)12-3;1-2/h4-5,7-8H,6H2,1-3H3;4-6,8H,7H2,1-3H3;1-2H3. The minimum absolute atomic E-state index is 0.643. The van der Waals surface area contributed by atoms with Crippen molar-refractivity contribution in [1.29, 1.82) is 0 Å². The Morgan fingerprint density at radius 1 is 0.846 bits per heavy atom. The molecule has 0 aliphatic heterocycles. The summed E-state index contributed by atoms with van der Waals surface area (Å²) in [5, 5.41) is 0. The largest absolute Gasteiger partial charge is 0.497 e.